The zero-order valence-corrected chi connectivity index (χ0v) is 11.2. The molecule has 0 aliphatic rings. The zero-order valence-electron chi connectivity index (χ0n) is 11.2. The third-order valence-electron chi connectivity index (χ3n) is 3.20. The Morgan fingerprint density at radius 1 is 1.33 bits per heavy atom. The minimum atomic E-state index is 0.277. The van der Waals surface area contributed by atoms with Gasteiger partial charge in [0.1, 0.15) is 5.82 Å². The van der Waals surface area contributed by atoms with Crippen molar-refractivity contribution in [1.82, 2.24) is 19.9 Å². The predicted molar refractivity (Wildman–Crippen MR) is 72.4 cm³/mol. The molecule has 0 fully saturated rings. The molecular formula is C14H20N4. The standard InChI is InChI=1S/C14H20N4/c1-4-18-8-7-17-14(18)10-13(15-3)12-5-6-16-11(2)9-12/h5-9,13,15H,4,10H2,1-3H3. The summed E-state index contributed by atoms with van der Waals surface area (Å²) in [5.74, 6) is 1.12. The third-order valence-corrected chi connectivity index (χ3v) is 3.20. The molecule has 0 aliphatic heterocycles. The maximum absolute atomic E-state index is 4.43. The van der Waals surface area contributed by atoms with E-state index in [9.17, 15) is 0 Å². The highest BCUT2D eigenvalue weighted by atomic mass is 15.1. The Labute approximate surface area is 108 Å². The fraction of sp³-hybridized carbons (Fsp3) is 0.429. The van der Waals surface area contributed by atoms with Gasteiger partial charge in [0.25, 0.3) is 0 Å². The second-order valence-electron chi connectivity index (χ2n) is 4.41. The number of aromatic nitrogens is 3. The lowest BCUT2D eigenvalue weighted by molar-refractivity contribution is 0.552. The average Bonchev–Trinajstić information content (AvgIpc) is 2.83. The molecule has 0 saturated carbocycles. The van der Waals surface area contributed by atoms with Crippen LogP contribution in [0.25, 0.3) is 0 Å². The van der Waals surface area contributed by atoms with Gasteiger partial charge in [-0.25, -0.2) is 4.98 Å². The minimum absolute atomic E-state index is 0.277. The maximum Gasteiger partial charge on any atom is 0.110 e. The van der Waals surface area contributed by atoms with Gasteiger partial charge in [0.05, 0.1) is 0 Å². The van der Waals surface area contributed by atoms with Crippen LogP contribution < -0.4 is 5.32 Å². The normalized spacial score (nSPS) is 12.6. The lowest BCUT2D eigenvalue weighted by atomic mass is 10.0. The van der Waals surface area contributed by atoms with Crippen molar-refractivity contribution >= 4 is 0 Å². The van der Waals surface area contributed by atoms with Crippen molar-refractivity contribution in [3.63, 3.8) is 0 Å². The van der Waals surface area contributed by atoms with Gasteiger partial charge in [0, 0.05) is 43.3 Å². The summed E-state index contributed by atoms with van der Waals surface area (Å²) in [5, 5.41) is 3.35. The van der Waals surface area contributed by atoms with Gasteiger partial charge >= 0.3 is 0 Å². The van der Waals surface area contributed by atoms with E-state index in [1.807, 2.05) is 32.6 Å². The fourth-order valence-electron chi connectivity index (χ4n) is 2.17. The Balaban J connectivity index is 2.20. The number of hydrogen-bond donors (Lipinski definition) is 1. The van der Waals surface area contributed by atoms with Gasteiger partial charge in [-0.3, -0.25) is 4.98 Å². The molecule has 0 aromatic carbocycles. The molecule has 0 amide bonds. The van der Waals surface area contributed by atoms with Crippen molar-refractivity contribution in [3.05, 3.63) is 47.8 Å². The highest BCUT2D eigenvalue weighted by molar-refractivity contribution is 5.20. The van der Waals surface area contributed by atoms with E-state index in [2.05, 4.69) is 38.9 Å². The summed E-state index contributed by atoms with van der Waals surface area (Å²) in [5.41, 5.74) is 2.31. The average molecular weight is 244 g/mol. The number of likely N-dealkylation sites (N-methyl/N-ethyl adjacent to an activating group) is 1. The molecule has 2 heterocycles. The Morgan fingerprint density at radius 3 is 2.83 bits per heavy atom. The minimum Gasteiger partial charge on any atom is -0.335 e. The molecule has 2 aromatic rings. The molecule has 0 aliphatic carbocycles. The summed E-state index contributed by atoms with van der Waals surface area (Å²) in [7, 11) is 1.99. The Morgan fingerprint density at radius 2 is 2.17 bits per heavy atom. The van der Waals surface area contributed by atoms with Gasteiger partial charge in [-0.05, 0) is 38.6 Å². The Kier molecular flexibility index (Phi) is 4.10. The van der Waals surface area contributed by atoms with Gasteiger partial charge in [-0.2, -0.15) is 0 Å². The summed E-state index contributed by atoms with van der Waals surface area (Å²) < 4.78 is 2.18. The van der Waals surface area contributed by atoms with Crippen LogP contribution in [-0.4, -0.2) is 21.6 Å². The summed E-state index contributed by atoms with van der Waals surface area (Å²) >= 11 is 0. The molecule has 4 heteroatoms. The zero-order chi connectivity index (χ0) is 13.0. The first-order valence-corrected chi connectivity index (χ1v) is 6.34. The maximum atomic E-state index is 4.43. The smallest absolute Gasteiger partial charge is 0.110 e. The number of nitrogens with zero attached hydrogens (tertiary/aromatic N) is 3. The van der Waals surface area contributed by atoms with Crippen molar-refractivity contribution < 1.29 is 0 Å². The SMILES string of the molecule is CCn1ccnc1CC(NC)c1ccnc(C)c1. The van der Waals surface area contributed by atoms with E-state index >= 15 is 0 Å². The molecule has 1 N–H and O–H groups in total. The molecule has 0 bridgehead atoms. The number of hydrogen-bond acceptors (Lipinski definition) is 3. The second-order valence-corrected chi connectivity index (χ2v) is 4.41. The van der Waals surface area contributed by atoms with Gasteiger partial charge < -0.3 is 9.88 Å². The van der Waals surface area contributed by atoms with Crippen molar-refractivity contribution in [2.24, 2.45) is 0 Å². The molecule has 1 unspecified atom stereocenters. The first kappa shape index (κ1) is 12.8. The molecule has 1 atom stereocenters. The van der Waals surface area contributed by atoms with E-state index in [4.69, 9.17) is 0 Å². The monoisotopic (exact) mass is 244 g/mol. The van der Waals surface area contributed by atoms with Crippen molar-refractivity contribution in [1.29, 1.82) is 0 Å². The van der Waals surface area contributed by atoms with E-state index in [0.29, 0.717) is 0 Å². The van der Waals surface area contributed by atoms with Gasteiger partial charge in [-0.1, -0.05) is 0 Å². The highest BCUT2D eigenvalue weighted by Gasteiger charge is 2.13. The third kappa shape index (κ3) is 2.76. The van der Waals surface area contributed by atoms with Crippen molar-refractivity contribution in [2.75, 3.05) is 7.05 Å². The van der Waals surface area contributed by atoms with Crippen molar-refractivity contribution in [2.45, 2.75) is 32.9 Å². The summed E-state index contributed by atoms with van der Waals surface area (Å²) in [6.07, 6.45) is 6.64. The quantitative estimate of drug-likeness (QED) is 0.876. The molecule has 18 heavy (non-hydrogen) atoms. The molecular weight excluding hydrogens is 224 g/mol. The van der Waals surface area contributed by atoms with E-state index in [1.54, 1.807) is 0 Å². The largest absolute Gasteiger partial charge is 0.335 e. The summed E-state index contributed by atoms with van der Waals surface area (Å²) in [4.78, 5) is 8.67. The lowest BCUT2D eigenvalue weighted by Crippen LogP contribution is -2.21. The number of rotatable bonds is 5. The van der Waals surface area contributed by atoms with Crippen LogP contribution >= 0.6 is 0 Å². The Hall–Kier alpha value is -1.68. The molecule has 0 spiro atoms. The molecule has 4 nitrogen and oxygen atoms in total. The molecule has 0 radical (unpaired) electrons. The van der Waals surface area contributed by atoms with Crippen LogP contribution in [0, 0.1) is 6.92 Å². The molecule has 2 rings (SSSR count). The predicted octanol–water partition coefficient (Wildman–Crippen LogP) is 2.11. The highest BCUT2D eigenvalue weighted by Crippen LogP contribution is 2.17. The van der Waals surface area contributed by atoms with E-state index < -0.39 is 0 Å². The van der Waals surface area contributed by atoms with Crippen LogP contribution in [0.15, 0.2) is 30.7 Å². The number of imidazole rings is 1. The first-order chi connectivity index (χ1) is 8.74. The van der Waals surface area contributed by atoms with E-state index in [0.717, 1.165) is 24.5 Å². The first-order valence-electron chi connectivity index (χ1n) is 6.34. The van der Waals surface area contributed by atoms with Crippen LogP contribution in [0.2, 0.25) is 0 Å². The van der Waals surface area contributed by atoms with E-state index in [-0.39, 0.29) is 6.04 Å². The summed E-state index contributed by atoms with van der Waals surface area (Å²) in [6.45, 7) is 5.11. The van der Waals surface area contributed by atoms with E-state index in [1.165, 1.54) is 5.56 Å². The molecule has 0 saturated heterocycles. The molecule has 96 valence electrons. The van der Waals surface area contributed by atoms with Crippen LogP contribution in [0.5, 0.6) is 0 Å². The second kappa shape index (κ2) is 5.78. The Bertz CT molecular complexity index is 504. The van der Waals surface area contributed by atoms with Crippen LogP contribution in [-0.2, 0) is 13.0 Å². The van der Waals surface area contributed by atoms with Gasteiger partial charge in [0.15, 0.2) is 0 Å². The lowest BCUT2D eigenvalue weighted by Gasteiger charge is -2.17. The van der Waals surface area contributed by atoms with Gasteiger partial charge in [0.2, 0.25) is 0 Å². The molecule has 2 aromatic heterocycles. The van der Waals surface area contributed by atoms with Crippen LogP contribution in [0.4, 0.5) is 0 Å². The van der Waals surface area contributed by atoms with Crippen LogP contribution in [0.1, 0.15) is 30.0 Å². The number of nitrogens with one attached hydrogen (secondary N) is 1. The van der Waals surface area contributed by atoms with Gasteiger partial charge in [-0.15, -0.1) is 0 Å². The topological polar surface area (TPSA) is 42.7 Å². The van der Waals surface area contributed by atoms with Crippen LogP contribution in [0.3, 0.4) is 0 Å². The van der Waals surface area contributed by atoms with Crippen molar-refractivity contribution in [3.8, 4) is 0 Å². The fourth-order valence-corrected chi connectivity index (χ4v) is 2.17. The summed E-state index contributed by atoms with van der Waals surface area (Å²) in [6, 6.07) is 4.47. The number of pyridine rings is 1. The number of aryl methyl sites for hydroxylation is 2.